The van der Waals surface area contributed by atoms with Gasteiger partial charge in [-0.2, -0.15) is 5.10 Å². The summed E-state index contributed by atoms with van der Waals surface area (Å²) in [5, 5.41) is 16.0. The zero-order valence-corrected chi connectivity index (χ0v) is 11.8. The summed E-state index contributed by atoms with van der Waals surface area (Å²) in [7, 11) is 1.83. The van der Waals surface area contributed by atoms with E-state index in [1.54, 1.807) is 47.4 Å². The molecular weight excluding hydrogens is 282 g/mol. The molecule has 2 heterocycles. The molecule has 0 saturated heterocycles. The van der Waals surface area contributed by atoms with Crippen LogP contribution in [0.25, 0.3) is 11.3 Å². The smallest absolute Gasteiger partial charge is 0.335 e. The second-order valence-electron chi connectivity index (χ2n) is 4.68. The van der Waals surface area contributed by atoms with Gasteiger partial charge in [0.05, 0.1) is 23.1 Å². The Morgan fingerprint density at radius 1 is 1.23 bits per heavy atom. The summed E-state index contributed by atoms with van der Waals surface area (Å²) >= 11 is 0. The predicted molar refractivity (Wildman–Crippen MR) is 80.9 cm³/mol. The van der Waals surface area contributed by atoms with Crippen molar-refractivity contribution in [2.45, 2.75) is 0 Å². The van der Waals surface area contributed by atoms with Gasteiger partial charge in [-0.25, -0.2) is 14.8 Å². The minimum absolute atomic E-state index is 0.242. The van der Waals surface area contributed by atoms with Crippen LogP contribution in [0.3, 0.4) is 0 Å². The van der Waals surface area contributed by atoms with Gasteiger partial charge in [-0.15, -0.1) is 0 Å². The molecular formula is C15H13N5O2. The average Bonchev–Trinajstić information content (AvgIpc) is 2.93. The lowest BCUT2D eigenvalue weighted by Gasteiger charge is -2.05. The maximum Gasteiger partial charge on any atom is 0.335 e. The first-order chi connectivity index (χ1) is 10.6. The fraction of sp³-hybridized carbons (Fsp3) is 0.0667. The number of carboxylic acid groups (broad SMARTS) is 1. The van der Waals surface area contributed by atoms with Gasteiger partial charge in [0.2, 0.25) is 5.95 Å². The summed E-state index contributed by atoms with van der Waals surface area (Å²) in [5.41, 5.74) is 2.56. The summed E-state index contributed by atoms with van der Waals surface area (Å²) in [6.45, 7) is 0. The number of nitrogens with one attached hydrogen (secondary N) is 1. The van der Waals surface area contributed by atoms with Crippen molar-refractivity contribution < 1.29 is 9.90 Å². The quantitative estimate of drug-likeness (QED) is 0.767. The molecule has 1 aromatic carbocycles. The first-order valence-electron chi connectivity index (χ1n) is 6.54. The number of carboxylic acids is 1. The molecule has 3 aromatic rings. The highest BCUT2D eigenvalue weighted by Gasteiger charge is 2.06. The summed E-state index contributed by atoms with van der Waals surface area (Å²) in [5.74, 6) is -0.499. The number of aromatic carboxylic acids is 1. The third-order valence-corrected chi connectivity index (χ3v) is 3.04. The van der Waals surface area contributed by atoms with Crippen molar-refractivity contribution in [3.05, 3.63) is 54.5 Å². The van der Waals surface area contributed by atoms with Gasteiger partial charge < -0.3 is 10.4 Å². The van der Waals surface area contributed by atoms with Crippen LogP contribution in [0.5, 0.6) is 0 Å². The van der Waals surface area contributed by atoms with E-state index >= 15 is 0 Å². The molecule has 0 unspecified atom stereocenters. The van der Waals surface area contributed by atoms with Crippen molar-refractivity contribution in [1.82, 2.24) is 19.7 Å². The van der Waals surface area contributed by atoms with Crippen LogP contribution >= 0.6 is 0 Å². The molecule has 0 amide bonds. The van der Waals surface area contributed by atoms with Crippen molar-refractivity contribution in [2.75, 3.05) is 5.32 Å². The van der Waals surface area contributed by atoms with Crippen LogP contribution in [0.15, 0.2) is 48.9 Å². The van der Waals surface area contributed by atoms with Crippen LogP contribution in [-0.2, 0) is 7.05 Å². The van der Waals surface area contributed by atoms with Crippen LogP contribution in [0, 0.1) is 0 Å². The van der Waals surface area contributed by atoms with Crippen molar-refractivity contribution in [1.29, 1.82) is 0 Å². The summed E-state index contributed by atoms with van der Waals surface area (Å²) < 4.78 is 1.68. The molecule has 3 rings (SSSR count). The molecule has 2 N–H and O–H groups in total. The van der Waals surface area contributed by atoms with Gasteiger partial charge in [0.15, 0.2) is 0 Å². The number of rotatable bonds is 4. The van der Waals surface area contributed by atoms with E-state index in [1.165, 1.54) is 0 Å². The molecule has 7 heteroatoms. The van der Waals surface area contributed by atoms with E-state index in [1.807, 2.05) is 13.2 Å². The topological polar surface area (TPSA) is 92.9 Å². The number of hydrogen-bond donors (Lipinski definition) is 2. The van der Waals surface area contributed by atoms with E-state index in [0.717, 1.165) is 11.3 Å². The molecule has 0 fully saturated rings. The lowest BCUT2D eigenvalue weighted by atomic mass is 10.1. The van der Waals surface area contributed by atoms with Crippen LogP contribution in [0.1, 0.15) is 10.4 Å². The van der Waals surface area contributed by atoms with Crippen LogP contribution in [0.4, 0.5) is 11.6 Å². The molecule has 0 atom stereocenters. The van der Waals surface area contributed by atoms with E-state index in [0.29, 0.717) is 11.6 Å². The Labute approximate surface area is 126 Å². The number of nitrogens with zero attached hydrogens (tertiary/aromatic N) is 4. The van der Waals surface area contributed by atoms with E-state index in [2.05, 4.69) is 20.4 Å². The van der Waals surface area contributed by atoms with E-state index < -0.39 is 5.97 Å². The van der Waals surface area contributed by atoms with Crippen LogP contribution in [0.2, 0.25) is 0 Å². The molecule has 0 saturated carbocycles. The highest BCUT2D eigenvalue weighted by Crippen LogP contribution is 2.19. The Kier molecular flexibility index (Phi) is 3.53. The van der Waals surface area contributed by atoms with Crippen molar-refractivity contribution in [2.24, 2.45) is 7.05 Å². The maximum absolute atomic E-state index is 10.9. The normalized spacial score (nSPS) is 10.4. The highest BCUT2D eigenvalue weighted by molar-refractivity contribution is 5.88. The molecule has 0 bridgehead atoms. The minimum atomic E-state index is -0.951. The van der Waals surface area contributed by atoms with Gasteiger partial charge in [0, 0.05) is 25.0 Å². The zero-order chi connectivity index (χ0) is 15.5. The fourth-order valence-electron chi connectivity index (χ4n) is 1.98. The first kappa shape index (κ1) is 13.7. The van der Waals surface area contributed by atoms with Gasteiger partial charge in [-0.1, -0.05) is 12.1 Å². The summed E-state index contributed by atoms with van der Waals surface area (Å²) in [4.78, 5) is 19.4. The predicted octanol–water partition coefficient (Wildman–Crippen LogP) is 2.32. The van der Waals surface area contributed by atoms with E-state index in [9.17, 15) is 4.79 Å². The molecule has 0 aliphatic rings. The van der Waals surface area contributed by atoms with Crippen LogP contribution in [-0.4, -0.2) is 30.8 Å². The zero-order valence-electron chi connectivity index (χ0n) is 11.8. The monoisotopic (exact) mass is 295 g/mol. The molecule has 0 spiro atoms. The van der Waals surface area contributed by atoms with Gasteiger partial charge in [-0.3, -0.25) is 4.68 Å². The second kappa shape index (κ2) is 5.65. The molecule has 0 radical (unpaired) electrons. The largest absolute Gasteiger partial charge is 0.478 e. The Hall–Kier alpha value is -3.22. The number of aryl methyl sites for hydroxylation is 1. The average molecular weight is 295 g/mol. The number of aromatic nitrogens is 4. The summed E-state index contributed by atoms with van der Waals surface area (Å²) in [6.07, 6.45) is 5.14. The molecule has 2 aromatic heterocycles. The van der Waals surface area contributed by atoms with Crippen LogP contribution < -0.4 is 5.32 Å². The van der Waals surface area contributed by atoms with Gasteiger partial charge in [-0.05, 0) is 18.2 Å². The number of hydrogen-bond acceptors (Lipinski definition) is 5. The Morgan fingerprint density at radius 2 is 2.00 bits per heavy atom. The maximum atomic E-state index is 10.9. The molecule has 7 nitrogen and oxygen atoms in total. The van der Waals surface area contributed by atoms with Gasteiger partial charge in [0.1, 0.15) is 0 Å². The lowest BCUT2D eigenvalue weighted by Crippen LogP contribution is -1.98. The standard InChI is InChI=1S/C15H13N5O2/c1-20-9-12(8-17-20)18-15-16-7-6-13(19-15)10-2-4-11(5-3-10)14(21)22/h2-9H,1H3,(H,21,22)(H,16,18,19). The second-order valence-corrected chi connectivity index (χ2v) is 4.68. The molecule has 22 heavy (non-hydrogen) atoms. The Bertz CT molecular complexity index is 811. The van der Waals surface area contributed by atoms with Crippen molar-refractivity contribution >= 4 is 17.6 Å². The van der Waals surface area contributed by atoms with Gasteiger partial charge in [0.25, 0.3) is 0 Å². The highest BCUT2D eigenvalue weighted by atomic mass is 16.4. The van der Waals surface area contributed by atoms with Crippen molar-refractivity contribution in [3.8, 4) is 11.3 Å². The lowest BCUT2D eigenvalue weighted by molar-refractivity contribution is 0.0697. The molecule has 110 valence electrons. The minimum Gasteiger partial charge on any atom is -0.478 e. The van der Waals surface area contributed by atoms with Gasteiger partial charge >= 0.3 is 5.97 Å². The summed E-state index contributed by atoms with van der Waals surface area (Å²) in [6, 6.07) is 8.31. The molecule has 0 aliphatic heterocycles. The number of carbonyl (C=O) groups is 1. The molecule has 0 aliphatic carbocycles. The fourth-order valence-corrected chi connectivity index (χ4v) is 1.98. The third-order valence-electron chi connectivity index (χ3n) is 3.04. The Balaban J connectivity index is 1.85. The van der Waals surface area contributed by atoms with E-state index in [-0.39, 0.29) is 5.56 Å². The number of anilines is 2. The van der Waals surface area contributed by atoms with Crippen molar-refractivity contribution in [3.63, 3.8) is 0 Å². The third kappa shape index (κ3) is 2.93. The Morgan fingerprint density at radius 3 is 2.64 bits per heavy atom. The SMILES string of the molecule is Cn1cc(Nc2nccc(-c3ccc(C(=O)O)cc3)n2)cn1. The first-order valence-corrected chi connectivity index (χ1v) is 6.54. The van der Waals surface area contributed by atoms with E-state index in [4.69, 9.17) is 5.11 Å². The number of benzene rings is 1.